The lowest BCUT2D eigenvalue weighted by Gasteiger charge is -2.12. The summed E-state index contributed by atoms with van der Waals surface area (Å²) in [5.74, 6) is 1.52. The first kappa shape index (κ1) is 20.1. The number of nitrogens with zero attached hydrogens (tertiary/aromatic N) is 1. The van der Waals surface area contributed by atoms with Crippen LogP contribution >= 0.6 is 23.4 Å². The van der Waals surface area contributed by atoms with Gasteiger partial charge in [0.05, 0.1) is 36.4 Å². The van der Waals surface area contributed by atoms with E-state index in [-0.39, 0.29) is 5.91 Å². The number of hydrogen-bond acceptors (Lipinski definition) is 6. The molecule has 1 aliphatic heterocycles. The number of amidine groups is 1. The zero-order valence-corrected chi connectivity index (χ0v) is 17.2. The molecule has 0 saturated carbocycles. The number of aliphatic imine (C=N–C) groups is 1. The van der Waals surface area contributed by atoms with Crippen molar-refractivity contribution in [3.05, 3.63) is 51.9 Å². The highest BCUT2D eigenvalue weighted by molar-refractivity contribution is 8.18. The summed E-state index contributed by atoms with van der Waals surface area (Å²) < 4.78 is 16.0. The van der Waals surface area contributed by atoms with Gasteiger partial charge in [0, 0.05) is 0 Å². The number of ether oxygens (including phenoxy) is 3. The van der Waals surface area contributed by atoms with E-state index in [0.29, 0.717) is 33.2 Å². The van der Waals surface area contributed by atoms with Gasteiger partial charge >= 0.3 is 0 Å². The SMILES string of the molecule is CCOc1c(Cl)cc(/C=C2/SC(=Nc3ccc(OC)cc3)NC2=O)cc1OC. The summed E-state index contributed by atoms with van der Waals surface area (Å²) in [4.78, 5) is 17.3. The Bertz CT molecular complexity index is 942. The largest absolute Gasteiger partial charge is 0.497 e. The van der Waals surface area contributed by atoms with Gasteiger partial charge in [0.1, 0.15) is 5.75 Å². The fraction of sp³-hybridized carbons (Fsp3) is 0.200. The van der Waals surface area contributed by atoms with Crippen LogP contribution in [0.2, 0.25) is 5.02 Å². The molecule has 1 saturated heterocycles. The van der Waals surface area contributed by atoms with E-state index < -0.39 is 0 Å². The number of carbonyl (C=O) groups is 1. The summed E-state index contributed by atoms with van der Waals surface area (Å²) in [7, 11) is 3.15. The molecule has 0 spiro atoms. The lowest BCUT2D eigenvalue weighted by molar-refractivity contribution is -0.115. The Morgan fingerprint density at radius 3 is 2.57 bits per heavy atom. The standard InChI is InChI=1S/C20H19ClN2O4S/c1-4-27-18-15(21)9-12(10-16(18)26-3)11-17-19(24)23-20(28-17)22-13-5-7-14(25-2)8-6-13/h5-11H,4H2,1-3H3,(H,22,23,24)/b17-11+. The number of amides is 1. The number of nitrogens with one attached hydrogen (secondary N) is 1. The van der Waals surface area contributed by atoms with Crippen molar-refractivity contribution in [2.45, 2.75) is 6.92 Å². The number of halogens is 1. The number of rotatable bonds is 6. The van der Waals surface area contributed by atoms with Crippen LogP contribution in [0.25, 0.3) is 6.08 Å². The van der Waals surface area contributed by atoms with Crippen LogP contribution in [-0.4, -0.2) is 31.9 Å². The Hall–Kier alpha value is -2.64. The summed E-state index contributed by atoms with van der Waals surface area (Å²) in [5, 5.41) is 3.69. The average Bonchev–Trinajstić information content (AvgIpc) is 3.03. The third-order valence-corrected chi connectivity index (χ3v) is 4.98. The van der Waals surface area contributed by atoms with Gasteiger partial charge in [-0.3, -0.25) is 4.79 Å². The molecule has 1 amide bonds. The molecule has 1 N–H and O–H groups in total. The lowest BCUT2D eigenvalue weighted by Crippen LogP contribution is -2.19. The fourth-order valence-corrected chi connectivity index (χ4v) is 3.63. The molecule has 28 heavy (non-hydrogen) atoms. The molecule has 8 heteroatoms. The smallest absolute Gasteiger partial charge is 0.264 e. The Labute approximate surface area is 172 Å². The minimum absolute atomic E-state index is 0.221. The quantitative estimate of drug-likeness (QED) is 0.691. The Morgan fingerprint density at radius 2 is 1.93 bits per heavy atom. The van der Waals surface area contributed by atoms with Crippen molar-refractivity contribution in [3.63, 3.8) is 0 Å². The Balaban J connectivity index is 1.84. The van der Waals surface area contributed by atoms with Crippen molar-refractivity contribution in [2.75, 3.05) is 20.8 Å². The lowest BCUT2D eigenvalue weighted by atomic mass is 10.2. The normalized spacial score (nSPS) is 16.4. The van der Waals surface area contributed by atoms with Crippen LogP contribution in [0.3, 0.4) is 0 Å². The maximum absolute atomic E-state index is 12.3. The molecular weight excluding hydrogens is 400 g/mol. The van der Waals surface area contributed by atoms with Gasteiger partial charge in [0.2, 0.25) is 0 Å². The van der Waals surface area contributed by atoms with Crippen LogP contribution in [0, 0.1) is 0 Å². The zero-order chi connectivity index (χ0) is 20.1. The second-order valence-corrected chi connectivity index (χ2v) is 7.08. The summed E-state index contributed by atoms with van der Waals surface area (Å²) in [5.41, 5.74) is 1.45. The monoisotopic (exact) mass is 418 g/mol. The highest BCUT2D eigenvalue weighted by Crippen LogP contribution is 2.38. The van der Waals surface area contributed by atoms with E-state index in [2.05, 4.69) is 10.3 Å². The highest BCUT2D eigenvalue weighted by Gasteiger charge is 2.24. The van der Waals surface area contributed by atoms with E-state index in [1.807, 2.05) is 31.2 Å². The van der Waals surface area contributed by atoms with E-state index in [1.54, 1.807) is 32.4 Å². The molecule has 6 nitrogen and oxygen atoms in total. The van der Waals surface area contributed by atoms with E-state index in [9.17, 15) is 4.79 Å². The minimum atomic E-state index is -0.221. The maximum atomic E-state index is 12.3. The molecular formula is C20H19ClN2O4S. The van der Waals surface area contributed by atoms with Crippen molar-refractivity contribution < 1.29 is 19.0 Å². The Morgan fingerprint density at radius 1 is 1.18 bits per heavy atom. The van der Waals surface area contributed by atoms with E-state index in [4.69, 9.17) is 25.8 Å². The van der Waals surface area contributed by atoms with E-state index >= 15 is 0 Å². The van der Waals surface area contributed by atoms with Gasteiger partial charge in [-0.25, -0.2) is 4.99 Å². The van der Waals surface area contributed by atoms with Gasteiger partial charge < -0.3 is 19.5 Å². The second-order valence-electron chi connectivity index (χ2n) is 5.65. The summed E-state index contributed by atoms with van der Waals surface area (Å²) in [6, 6.07) is 10.8. The third kappa shape index (κ3) is 4.61. The van der Waals surface area contributed by atoms with Crippen LogP contribution in [0.15, 0.2) is 46.3 Å². The van der Waals surface area contributed by atoms with E-state index in [1.165, 1.54) is 11.8 Å². The Kier molecular flexibility index (Phi) is 6.49. The molecule has 2 aromatic carbocycles. The molecule has 146 valence electrons. The van der Waals surface area contributed by atoms with Gasteiger partial charge in [0.25, 0.3) is 5.91 Å². The van der Waals surface area contributed by atoms with Crippen LogP contribution in [0.4, 0.5) is 5.69 Å². The molecule has 0 aromatic heterocycles. The summed E-state index contributed by atoms with van der Waals surface area (Å²) in [6.07, 6.45) is 1.74. The fourth-order valence-electron chi connectivity index (χ4n) is 2.51. The molecule has 3 rings (SSSR count). The van der Waals surface area contributed by atoms with Crippen LogP contribution in [0.1, 0.15) is 12.5 Å². The predicted octanol–water partition coefficient (Wildman–Crippen LogP) is 4.65. The number of hydrogen-bond donors (Lipinski definition) is 1. The number of carbonyl (C=O) groups excluding carboxylic acids is 1. The van der Waals surface area contributed by atoms with Crippen LogP contribution in [-0.2, 0) is 4.79 Å². The molecule has 0 unspecified atom stereocenters. The van der Waals surface area contributed by atoms with Crippen molar-refractivity contribution in [1.82, 2.24) is 5.32 Å². The molecule has 1 fully saturated rings. The minimum Gasteiger partial charge on any atom is -0.497 e. The van der Waals surface area contributed by atoms with Crippen LogP contribution < -0.4 is 19.5 Å². The first-order chi connectivity index (χ1) is 13.5. The number of benzene rings is 2. The van der Waals surface area contributed by atoms with Crippen molar-refractivity contribution in [2.24, 2.45) is 4.99 Å². The summed E-state index contributed by atoms with van der Waals surface area (Å²) >= 11 is 7.56. The molecule has 0 radical (unpaired) electrons. The molecule has 2 aromatic rings. The van der Waals surface area contributed by atoms with Crippen molar-refractivity contribution in [3.8, 4) is 17.2 Å². The molecule has 1 aliphatic rings. The van der Waals surface area contributed by atoms with Crippen LogP contribution in [0.5, 0.6) is 17.2 Å². The molecule has 1 heterocycles. The second kappa shape index (κ2) is 9.03. The molecule has 0 atom stereocenters. The predicted molar refractivity (Wildman–Crippen MR) is 113 cm³/mol. The molecule has 0 aliphatic carbocycles. The average molecular weight is 419 g/mol. The van der Waals surface area contributed by atoms with E-state index in [0.717, 1.165) is 17.0 Å². The summed E-state index contributed by atoms with van der Waals surface area (Å²) in [6.45, 7) is 2.34. The number of methoxy groups -OCH3 is 2. The van der Waals surface area contributed by atoms with Gasteiger partial charge in [-0.15, -0.1) is 0 Å². The highest BCUT2D eigenvalue weighted by atomic mass is 35.5. The number of thioether (sulfide) groups is 1. The third-order valence-electron chi connectivity index (χ3n) is 3.79. The van der Waals surface area contributed by atoms with Gasteiger partial charge in [-0.05, 0) is 66.7 Å². The van der Waals surface area contributed by atoms with Gasteiger partial charge in [-0.2, -0.15) is 0 Å². The van der Waals surface area contributed by atoms with Gasteiger partial charge in [0.15, 0.2) is 16.7 Å². The molecule has 0 bridgehead atoms. The topological polar surface area (TPSA) is 69.2 Å². The maximum Gasteiger partial charge on any atom is 0.264 e. The van der Waals surface area contributed by atoms with Crippen molar-refractivity contribution in [1.29, 1.82) is 0 Å². The van der Waals surface area contributed by atoms with Crippen molar-refractivity contribution >= 4 is 46.2 Å². The zero-order valence-electron chi connectivity index (χ0n) is 15.6. The van der Waals surface area contributed by atoms with Gasteiger partial charge in [-0.1, -0.05) is 11.6 Å². The first-order valence-electron chi connectivity index (χ1n) is 8.48. The first-order valence-corrected chi connectivity index (χ1v) is 9.67.